The molecule has 0 spiro atoms. The molecule has 1 N–H and O–H groups in total. The summed E-state index contributed by atoms with van der Waals surface area (Å²) in [5, 5.41) is 3.61. The van der Waals surface area contributed by atoms with Crippen molar-refractivity contribution in [3.05, 3.63) is 29.8 Å². The number of hydrogen-bond donors (Lipinski definition) is 1. The van der Waals surface area contributed by atoms with Gasteiger partial charge in [0.1, 0.15) is 5.75 Å². The highest BCUT2D eigenvalue weighted by molar-refractivity contribution is 5.27. The van der Waals surface area contributed by atoms with Gasteiger partial charge in [-0.3, -0.25) is 4.90 Å². The van der Waals surface area contributed by atoms with Gasteiger partial charge < -0.3 is 10.1 Å². The number of likely N-dealkylation sites (tertiary alicyclic amines) is 1. The number of ether oxygens (including phenoxy) is 1. The van der Waals surface area contributed by atoms with E-state index in [0.717, 1.165) is 37.2 Å². The highest BCUT2D eigenvalue weighted by atomic mass is 16.5. The molecule has 0 bridgehead atoms. The zero-order valence-corrected chi connectivity index (χ0v) is 13.8. The first-order valence-electron chi connectivity index (χ1n) is 8.26. The normalized spacial score (nSPS) is 19.3. The van der Waals surface area contributed by atoms with E-state index in [0.29, 0.717) is 0 Å². The molecule has 3 nitrogen and oxygen atoms in total. The van der Waals surface area contributed by atoms with Crippen LogP contribution in [0.25, 0.3) is 0 Å². The summed E-state index contributed by atoms with van der Waals surface area (Å²) < 4.78 is 5.21. The predicted octanol–water partition coefficient (Wildman–Crippen LogP) is 2.95. The molecule has 0 aromatic heterocycles. The van der Waals surface area contributed by atoms with Crippen molar-refractivity contribution >= 4 is 0 Å². The van der Waals surface area contributed by atoms with E-state index in [9.17, 15) is 0 Å². The maximum atomic E-state index is 5.21. The maximum absolute atomic E-state index is 5.21. The van der Waals surface area contributed by atoms with E-state index in [1.54, 1.807) is 7.11 Å². The van der Waals surface area contributed by atoms with Crippen molar-refractivity contribution < 1.29 is 4.74 Å². The molecule has 1 aliphatic heterocycles. The molecule has 21 heavy (non-hydrogen) atoms. The van der Waals surface area contributed by atoms with E-state index >= 15 is 0 Å². The Morgan fingerprint density at radius 1 is 1.29 bits per heavy atom. The first kappa shape index (κ1) is 16.3. The summed E-state index contributed by atoms with van der Waals surface area (Å²) in [6, 6.07) is 9.20. The van der Waals surface area contributed by atoms with Gasteiger partial charge in [0.15, 0.2) is 0 Å². The van der Waals surface area contributed by atoms with Gasteiger partial charge in [0.2, 0.25) is 0 Å². The fourth-order valence-corrected chi connectivity index (χ4v) is 3.02. The van der Waals surface area contributed by atoms with Crippen LogP contribution in [0.1, 0.15) is 32.3 Å². The van der Waals surface area contributed by atoms with Crippen LogP contribution in [0.5, 0.6) is 5.75 Å². The summed E-state index contributed by atoms with van der Waals surface area (Å²) in [4.78, 5) is 2.65. The molecule has 1 atom stereocenters. The molecule has 0 amide bonds. The Balaban J connectivity index is 1.75. The number of nitrogens with zero attached hydrogens (tertiary/aromatic N) is 1. The molecule has 0 saturated carbocycles. The van der Waals surface area contributed by atoms with E-state index in [1.807, 2.05) is 0 Å². The largest absolute Gasteiger partial charge is 0.497 e. The van der Waals surface area contributed by atoms with Crippen molar-refractivity contribution in [1.82, 2.24) is 10.2 Å². The van der Waals surface area contributed by atoms with Crippen LogP contribution in [0.15, 0.2) is 24.3 Å². The number of methoxy groups -OCH3 is 1. The van der Waals surface area contributed by atoms with Crippen LogP contribution in [0, 0.1) is 5.92 Å². The molecule has 1 unspecified atom stereocenters. The molecule has 2 rings (SSSR count). The fourth-order valence-electron chi connectivity index (χ4n) is 3.02. The molecule has 0 aliphatic carbocycles. The van der Waals surface area contributed by atoms with Crippen LogP contribution in [-0.4, -0.2) is 44.2 Å². The van der Waals surface area contributed by atoms with Crippen LogP contribution in [-0.2, 0) is 6.42 Å². The van der Waals surface area contributed by atoms with Gasteiger partial charge in [0, 0.05) is 19.1 Å². The van der Waals surface area contributed by atoms with E-state index in [2.05, 4.69) is 48.3 Å². The SMILES string of the molecule is COc1ccc(CCN2CCCC2CNCC(C)C)cc1. The third-order valence-electron chi connectivity index (χ3n) is 4.28. The third-order valence-corrected chi connectivity index (χ3v) is 4.28. The highest BCUT2D eigenvalue weighted by Crippen LogP contribution is 2.18. The van der Waals surface area contributed by atoms with Crippen LogP contribution >= 0.6 is 0 Å². The first-order chi connectivity index (χ1) is 10.2. The second kappa shape index (κ2) is 8.40. The number of rotatable bonds is 8. The Morgan fingerprint density at radius 2 is 2.05 bits per heavy atom. The maximum Gasteiger partial charge on any atom is 0.118 e. The summed E-state index contributed by atoms with van der Waals surface area (Å²) >= 11 is 0. The van der Waals surface area contributed by atoms with Gasteiger partial charge in [0.25, 0.3) is 0 Å². The van der Waals surface area contributed by atoms with Gasteiger partial charge in [-0.25, -0.2) is 0 Å². The van der Waals surface area contributed by atoms with Gasteiger partial charge >= 0.3 is 0 Å². The topological polar surface area (TPSA) is 24.5 Å². The van der Waals surface area contributed by atoms with E-state index in [4.69, 9.17) is 4.74 Å². The molecule has 118 valence electrons. The molecule has 1 heterocycles. The third kappa shape index (κ3) is 5.33. The number of nitrogens with one attached hydrogen (secondary N) is 1. The Morgan fingerprint density at radius 3 is 2.71 bits per heavy atom. The Hall–Kier alpha value is -1.06. The van der Waals surface area contributed by atoms with E-state index < -0.39 is 0 Å². The molecule has 1 saturated heterocycles. The summed E-state index contributed by atoms with van der Waals surface area (Å²) in [5.41, 5.74) is 1.40. The fraction of sp³-hybridized carbons (Fsp3) is 0.667. The summed E-state index contributed by atoms with van der Waals surface area (Å²) in [5.74, 6) is 1.68. The predicted molar refractivity (Wildman–Crippen MR) is 89.0 cm³/mol. The number of hydrogen-bond acceptors (Lipinski definition) is 3. The van der Waals surface area contributed by atoms with Crippen LogP contribution in [0.2, 0.25) is 0 Å². The lowest BCUT2D eigenvalue weighted by molar-refractivity contribution is 0.248. The lowest BCUT2D eigenvalue weighted by Gasteiger charge is -2.25. The van der Waals surface area contributed by atoms with Crippen molar-refractivity contribution in [2.75, 3.05) is 33.3 Å². The van der Waals surface area contributed by atoms with Crippen molar-refractivity contribution in [2.45, 2.75) is 39.2 Å². The average molecular weight is 290 g/mol. The second-order valence-corrected chi connectivity index (χ2v) is 6.48. The van der Waals surface area contributed by atoms with Crippen molar-refractivity contribution in [1.29, 1.82) is 0 Å². The lowest BCUT2D eigenvalue weighted by atomic mass is 10.1. The first-order valence-corrected chi connectivity index (χ1v) is 8.26. The van der Waals surface area contributed by atoms with Crippen LogP contribution in [0.3, 0.4) is 0 Å². The quantitative estimate of drug-likeness (QED) is 0.796. The zero-order chi connectivity index (χ0) is 15.1. The average Bonchev–Trinajstić information content (AvgIpc) is 2.93. The minimum Gasteiger partial charge on any atom is -0.497 e. The van der Waals surface area contributed by atoms with Crippen molar-refractivity contribution in [3.63, 3.8) is 0 Å². The Labute approximate surface area is 129 Å². The van der Waals surface area contributed by atoms with Crippen molar-refractivity contribution in [2.24, 2.45) is 5.92 Å². The minimum absolute atomic E-state index is 0.724. The van der Waals surface area contributed by atoms with Gasteiger partial charge in [-0.1, -0.05) is 26.0 Å². The molecule has 1 aromatic carbocycles. The summed E-state index contributed by atoms with van der Waals surface area (Å²) in [6.45, 7) is 9.22. The second-order valence-electron chi connectivity index (χ2n) is 6.48. The molecule has 1 fully saturated rings. The van der Waals surface area contributed by atoms with Crippen molar-refractivity contribution in [3.8, 4) is 5.75 Å². The molecular weight excluding hydrogens is 260 g/mol. The minimum atomic E-state index is 0.724. The van der Waals surface area contributed by atoms with E-state index in [-0.39, 0.29) is 0 Å². The van der Waals surface area contributed by atoms with Gasteiger partial charge in [-0.05, 0) is 56.0 Å². The van der Waals surface area contributed by atoms with Gasteiger partial charge in [-0.2, -0.15) is 0 Å². The summed E-state index contributed by atoms with van der Waals surface area (Å²) in [6.07, 6.45) is 3.81. The molecule has 1 aromatic rings. The molecular formula is C18H30N2O. The van der Waals surface area contributed by atoms with Gasteiger partial charge in [0.05, 0.1) is 7.11 Å². The van der Waals surface area contributed by atoms with Gasteiger partial charge in [-0.15, -0.1) is 0 Å². The molecule has 0 radical (unpaired) electrons. The lowest BCUT2D eigenvalue weighted by Crippen LogP contribution is -2.39. The monoisotopic (exact) mass is 290 g/mol. The Kier molecular flexibility index (Phi) is 6.52. The standard InChI is InChI=1S/C18H30N2O/c1-15(2)13-19-14-17-5-4-11-20(17)12-10-16-6-8-18(21-3)9-7-16/h6-9,15,17,19H,4-5,10-14H2,1-3H3. The smallest absolute Gasteiger partial charge is 0.118 e. The van der Waals surface area contributed by atoms with Crippen LogP contribution in [0.4, 0.5) is 0 Å². The van der Waals surface area contributed by atoms with Crippen LogP contribution < -0.4 is 10.1 Å². The summed E-state index contributed by atoms with van der Waals surface area (Å²) in [7, 11) is 1.72. The highest BCUT2D eigenvalue weighted by Gasteiger charge is 2.23. The molecule has 3 heteroatoms. The number of benzene rings is 1. The van der Waals surface area contributed by atoms with E-state index in [1.165, 1.54) is 31.5 Å². The molecule has 1 aliphatic rings. The zero-order valence-electron chi connectivity index (χ0n) is 13.8. The Bertz CT molecular complexity index is 402.